The molecule has 1 aliphatic rings. The van der Waals surface area contributed by atoms with Crippen LogP contribution < -0.4 is 16.4 Å². The van der Waals surface area contributed by atoms with Crippen LogP contribution in [0.4, 0.5) is 30.2 Å². The second-order valence-electron chi connectivity index (χ2n) is 7.84. The van der Waals surface area contributed by atoms with Gasteiger partial charge in [-0.1, -0.05) is 17.4 Å². The zero-order valence-corrected chi connectivity index (χ0v) is 19.1. The maximum atomic E-state index is 14.0. The molecule has 1 saturated heterocycles. The molecule has 2 amide bonds. The van der Waals surface area contributed by atoms with Crippen LogP contribution in [0.25, 0.3) is 0 Å². The van der Waals surface area contributed by atoms with E-state index in [0.717, 1.165) is 36.0 Å². The number of likely N-dealkylation sites (tertiary alicyclic amines) is 1. The van der Waals surface area contributed by atoms with Gasteiger partial charge in [-0.25, -0.2) is 18.6 Å². The number of carbonyl (C=O) groups excluding carboxylic acids is 2. The van der Waals surface area contributed by atoms with E-state index in [1.54, 1.807) is 24.3 Å². The van der Waals surface area contributed by atoms with E-state index in [1.807, 2.05) is 0 Å². The predicted molar refractivity (Wildman–Crippen MR) is 126 cm³/mol. The average Bonchev–Trinajstić information content (AvgIpc) is 3.44. The lowest BCUT2D eigenvalue weighted by Gasteiger charge is -2.21. The lowest BCUT2D eigenvalue weighted by Crippen LogP contribution is -2.42. The number of rotatable bonds is 7. The minimum absolute atomic E-state index is 0.102. The van der Waals surface area contributed by atoms with Crippen LogP contribution in [0.3, 0.4) is 0 Å². The maximum absolute atomic E-state index is 14.0. The quantitative estimate of drug-likeness (QED) is 0.361. The number of nitrogen functional groups attached to an aromatic ring is 1. The number of nitrogens with two attached hydrogens (primary N) is 1. The van der Waals surface area contributed by atoms with Crippen molar-refractivity contribution in [2.75, 3.05) is 24.1 Å². The first-order valence-electron chi connectivity index (χ1n) is 10.6. The van der Waals surface area contributed by atoms with Gasteiger partial charge in [0.1, 0.15) is 22.3 Å². The Morgan fingerprint density at radius 3 is 2.49 bits per heavy atom. The second kappa shape index (κ2) is 10.1. The molecular formula is C23H21F2N5O4S. The number of hydrogen-bond donors (Lipinski definition) is 4. The second-order valence-corrected chi connectivity index (χ2v) is 8.84. The lowest BCUT2D eigenvalue weighted by molar-refractivity contribution is 0.0933. The van der Waals surface area contributed by atoms with E-state index in [0.29, 0.717) is 24.2 Å². The molecule has 12 heteroatoms. The van der Waals surface area contributed by atoms with Gasteiger partial charge in [0.05, 0.1) is 11.6 Å². The highest BCUT2D eigenvalue weighted by Crippen LogP contribution is 2.31. The Hall–Kier alpha value is -4.06. The fraction of sp³-hybridized carbons (Fsp3) is 0.217. The Balaban J connectivity index is 1.40. The van der Waals surface area contributed by atoms with Crippen molar-refractivity contribution in [2.24, 2.45) is 0 Å². The molecule has 1 aliphatic heterocycles. The molecule has 2 aromatic carbocycles. The summed E-state index contributed by atoms with van der Waals surface area (Å²) >= 11 is 0.848. The van der Waals surface area contributed by atoms with E-state index in [9.17, 15) is 28.3 Å². The third-order valence-corrected chi connectivity index (χ3v) is 6.55. The number of thiazole rings is 1. The van der Waals surface area contributed by atoms with Crippen LogP contribution in [0.15, 0.2) is 42.5 Å². The van der Waals surface area contributed by atoms with Crippen LogP contribution in [0.1, 0.15) is 38.4 Å². The van der Waals surface area contributed by atoms with Crippen LogP contribution in [-0.4, -0.2) is 51.9 Å². The van der Waals surface area contributed by atoms with Crippen molar-refractivity contribution < 1.29 is 28.3 Å². The summed E-state index contributed by atoms with van der Waals surface area (Å²) in [6, 6.07) is 9.25. The minimum atomic E-state index is -0.996. The fourth-order valence-corrected chi connectivity index (χ4v) is 4.67. The molecule has 3 aromatic rings. The fourth-order valence-electron chi connectivity index (χ4n) is 3.82. The molecule has 1 aromatic heterocycles. The number of ketones is 1. The minimum Gasteiger partial charge on any atom is -0.465 e. The molecule has 1 atom stereocenters. The number of anilines is 3. The summed E-state index contributed by atoms with van der Waals surface area (Å²) in [6.07, 6.45) is 0.459. The van der Waals surface area contributed by atoms with Gasteiger partial charge in [-0.3, -0.25) is 9.59 Å². The van der Waals surface area contributed by atoms with E-state index in [1.165, 1.54) is 4.90 Å². The van der Waals surface area contributed by atoms with Crippen molar-refractivity contribution in [3.63, 3.8) is 0 Å². The summed E-state index contributed by atoms with van der Waals surface area (Å²) < 4.78 is 28.0. The van der Waals surface area contributed by atoms with Gasteiger partial charge >= 0.3 is 6.09 Å². The molecule has 5 N–H and O–H groups in total. The molecule has 1 fully saturated rings. The molecule has 9 nitrogen and oxygen atoms in total. The SMILES string of the molecule is Nc1nc(Nc2ccc(C(=O)NC[C@@H]3CCCN3C(=O)O)cc2)sc1C(=O)c1c(F)cccc1F. The van der Waals surface area contributed by atoms with E-state index < -0.39 is 29.1 Å². The van der Waals surface area contributed by atoms with Gasteiger partial charge in [0, 0.05) is 24.3 Å². The number of halogens is 2. The molecule has 4 rings (SSSR count). The van der Waals surface area contributed by atoms with Gasteiger partial charge < -0.3 is 26.4 Å². The number of benzene rings is 2. The van der Waals surface area contributed by atoms with Crippen molar-refractivity contribution >= 4 is 45.8 Å². The van der Waals surface area contributed by atoms with Gasteiger partial charge in [0.15, 0.2) is 5.13 Å². The highest BCUT2D eigenvalue weighted by molar-refractivity contribution is 7.18. The van der Waals surface area contributed by atoms with E-state index in [2.05, 4.69) is 15.6 Å². The Kier molecular flexibility index (Phi) is 6.92. The molecule has 182 valence electrons. The zero-order valence-electron chi connectivity index (χ0n) is 18.3. The molecule has 0 saturated carbocycles. The van der Waals surface area contributed by atoms with Crippen molar-refractivity contribution in [3.05, 3.63) is 70.1 Å². The highest BCUT2D eigenvalue weighted by atomic mass is 32.1. The van der Waals surface area contributed by atoms with Crippen molar-refractivity contribution in [3.8, 4) is 0 Å². The van der Waals surface area contributed by atoms with Crippen LogP contribution in [-0.2, 0) is 0 Å². The number of hydrogen-bond acceptors (Lipinski definition) is 7. The predicted octanol–water partition coefficient (Wildman–Crippen LogP) is 3.85. The molecule has 2 heterocycles. The van der Waals surface area contributed by atoms with E-state index in [-0.39, 0.29) is 34.3 Å². The van der Waals surface area contributed by atoms with E-state index >= 15 is 0 Å². The smallest absolute Gasteiger partial charge is 0.407 e. The number of aromatic nitrogens is 1. The van der Waals surface area contributed by atoms with Gasteiger partial charge in [0.2, 0.25) is 5.78 Å². The topological polar surface area (TPSA) is 138 Å². The van der Waals surface area contributed by atoms with Crippen LogP contribution in [0.5, 0.6) is 0 Å². The van der Waals surface area contributed by atoms with Gasteiger partial charge in [0.25, 0.3) is 5.91 Å². The van der Waals surface area contributed by atoms with Crippen molar-refractivity contribution in [1.29, 1.82) is 0 Å². The average molecular weight is 502 g/mol. The van der Waals surface area contributed by atoms with Gasteiger partial charge in [-0.2, -0.15) is 0 Å². The van der Waals surface area contributed by atoms with Gasteiger partial charge in [-0.15, -0.1) is 0 Å². The summed E-state index contributed by atoms with van der Waals surface area (Å²) in [6.45, 7) is 0.684. The first kappa shape index (κ1) is 24.1. The standard InChI is InChI=1S/C23H21F2N5O4S/c24-15-4-1-5-16(25)17(15)18(31)19-20(26)29-22(35-19)28-13-8-6-12(7-9-13)21(32)27-11-14-3-2-10-30(14)23(33)34/h1,4-9,14H,2-3,10-11,26H2,(H,27,32)(H,28,29)(H,33,34)/t14-/m0/s1. The number of amides is 2. The van der Waals surface area contributed by atoms with Crippen LogP contribution >= 0.6 is 11.3 Å². The molecule has 0 aliphatic carbocycles. The Morgan fingerprint density at radius 2 is 1.83 bits per heavy atom. The number of carboxylic acid groups (broad SMARTS) is 1. The maximum Gasteiger partial charge on any atom is 0.407 e. The summed E-state index contributed by atoms with van der Waals surface area (Å²) in [5.74, 6) is -3.39. The molecule has 35 heavy (non-hydrogen) atoms. The number of carbonyl (C=O) groups is 3. The van der Waals surface area contributed by atoms with Gasteiger partial charge in [-0.05, 0) is 49.2 Å². The summed E-state index contributed by atoms with van der Waals surface area (Å²) in [5.41, 5.74) is 6.03. The number of nitrogens with zero attached hydrogens (tertiary/aromatic N) is 2. The van der Waals surface area contributed by atoms with E-state index in [4.69, 9.17) is 5.73 Å². The Labute approximate surface area is 202 Å². The first-order chi connectivity index (χ1) is 16.7. The van der Waals surface area contributed by atoms with Crippen molar-refractivity contribution in [2.45, 2.75) is 18.9 Å². The molecule has 0 spiro atoms. The Morgan fingerprint density at radius 1 is 1.14 bits per heavy atom. The molecular weight excluding hydrogens is 480 g/mol. The summed E-state index contributed by atoms with van der Waals surface area (Å²) in [4.78, 5) is 41.5. The normalized spacial score (nSPS) is 15.1. The van der Waals surface area contributed by atoms with Crippen molar-refractivity contribution in [1.82, 2.24) is 15.2 Å². The monoisotopic (exact) mass is 501 g/mol. The third-order valence-electron chi connectivity index (χ3n) is 5.57. The molecule has 0 bridgehead atoms. The third kappa shape index (κ3) is 5.22. The molecule has 0 radical (unpaired) electrons. The highest BCUT2D eigenvalue weighted by Gasteiger charge is 2.28. The summed E-state index contributed by atoms with van der Waals surface area (Å²) in [7, 11) is 0. The largest absolute Gasteiger partial charge is 0.465 e. The molecule has 0 unspecified atom stereocenters. The zero-order chi connectivity index (χ0) is 25.1. The van der Waals surface area contributed by atoms with Crippen LogP contribution in [0.2, 0.25) is 0 Å². The Bertz CT molecular complexity index is 1260. The number of nitrogens with one attached hydrogen (secondary N) is 2. The lowest BCUT2D eigenvalue weighted by atomic mass is 10.1. The first-order valence-corrected chi connectivity index (χ1v) is 11.5. The summed E-state index contributed by atoms with van der Waals surface area (Å²) in [5, 5.41) is 15.1. The van der Waals surface area contributed by atoms with Crippen LogP contribution in [0, 0.1) is 11.6 Å².